The molecule has 124 valence electrons. The number of hydrogen-bond acceptors (Lipinski definition) is 5. The fourth-order valence-electron chi connectivity index (χ4n) is 2.82. The van der Waals surface area contributed by atoms with Crippen LogP contribution < -0.4 is 0 Å². The van der Waals surface area contributed by atoms with Crippen LogP contribution in [0.25, 0.3) is 11.3 Å². The smallest absolute Gasteiger partial charge is 0.281 e. The molecule has 0 amide bonds. The lowest BCUT2D eigenvalue weighted by atomic mass is 10.00. The number of aromatic amines is 1. The third kappa shape index (κ3) is 3.26. The van der Waals surface area contributed by atoms with Crippen molar-refractivity contribution in [2.75, 3.05) is 27.2 Å². The summed E-state index contributed by atoms with van der Waals surface area (Å²) in [6.45, 7) is 1.06. The van der Waals surface area contributed by atoms with Gasteiger partial charge in [0.15, 0.2) is 0 Å². The van der Waals surface area contributed by atoms with Crippen molar-refractivity contribution in [1.29, 1.82) is 0 Å². The summed E-state index contributed by atoms with van der Waals surface area (Å²) in [7, 11) is -0.224. The molecule has 1 fully saturated rings. The largest absolute Gasteiger partial charge is 0.285 e. The molecule has 9 heteroatoms. The first-order chi connectivity index (χ1) is 11.0. The van der Waals surface area contributed by atoms with Crippen LogP contribution in [0.1, 0.15) is 12.1 Å². The molecule has 0 saturated carbocycles. The molecule has 1 N–H and O–H groups in total. The Hall–Kier alpha value is -1.84. The Balaban J connectivity index is 1.75. The van der Waals surface area contributed by atoms with Crippen LogP contribution in [-0.2, 0) is 16.6 Å². The zero-order valence-electron chi connectivity index (χ0n) is 13.2. The topological polar surface area (TPSA) is 95.1 Å². The average molecular weight is 336 g/mol. The Bertz CT molecular complexity index is 759. The van der Waals surface area contributed by atoms with Crippen molar-refractivity contribution in [3.8, 4) is 11.3 Å². The van der Waals surface area contributed by atoms with Crippen LogP contribution in [0.2, 0.25) is 0 Å². The maximum absolute atomic E-state index is 12.2. The van der Waals surface area contributed by atoms with Gasteiger partial charge in [-0.2, -0.15) is 22.1 Å². The van der Waals surface area contributed by atoms with E-state index in [1.807, 2.05) is 0 Å². The molecule has 2 aromatic rings. The van der Waals surface area contributed by atoms with Gasteiger partial charge < -0.3 is 0 Å². The summed E-state index contributed by atoms with van der Waals surface area (Å²) < 4.78 is 27.2. The number of H-pyrrole nitrogens is 1. The van der Waals surface area contributed by atoms with E-state index in [9.17, 15) is 8.42 Å². The van der Waals surface area contributed by atoms with Gasteiger partial charge >= 0.3 is 0 Å². The van der Waals surface area contributed by atoms with Gasteiger partial charge in [0, 0.05) is 51.3 Å². The van der Waals surface area contributed by atoms with Gasteiger partial charge in [-0.1, -0.05) is 0 Å². The minimum atomic E-state index is -3.34. The zero-order valence-corrected chi connectivity index (χ0v) is 14.0. The van der Waals surface area contributed by atoms with Crippen molar-refractivity contribution in [2.24, 2.45) is 5.92 Å². The highest BCUT2D eigenvalue weighted by Crippen LogP contribution is 2.26. The molecule has 0 bridgehead atoms. The first kappa shape index (κ1) is 16.0. The summed E-state index contributed by atoms with van der Waals surface area (Å²) in [6, 6.07) is 0. The monoisotopic (exact) mass is 336 g/mol. The molecular formula is C14H20N6O2S. The van der Waals surface area contributed by atoms with Crippen molar-refractivity contribution in [2.45, 2.75) is 12.8 Å². The first-order valence-corrected chi connectivity index (χ1v) is 8.85. The molecule has 2 aromatic heterocycles. The fraction of sp³-hybridized carbons (Fsp3) is 0.500. The third-order valence-electron chi connectivity index (χ3n) is 4.06. The highest BCUT2D eigenvalue weighted by Gasteiger charge is 2.33. The van der Waals surface area contributed by atoms with Crippen LogP contribution in [0.5, 0.6) is 0 Å². The number of rotatable bonds is 5. The van der Waals surface area contributed by atoms with E-state index in [2.05, 4.69) is 20.2 Å². The highest BCUT2D eigenvalue weighted by molar-refractivity contribution is 7.86. The van der Waals surface area contributed by atoms with E-state index < -0.39 is 10.2 Å². The Morgan fingerprint density at radius 3 is 2.83 bits per heavy atom. The molecule has 3 heterocycles. The predicted molar refractivity (Wildman–Crippen MR) is 85.6 cm³/mol. The van der Waals surface area contributed by atoms with Crippen LogP contribution in [0.15, 0.2) is 24.8 Å². The van der Waals surface area contributed by atoms with E-state index >= 15 is 0 Å². The van der Waals surface area contributed by atoms with Crippen LogP contribution in [0.4, 0.5) is 0 Å². The van der Waals surface area contributed by atoms with Crippen LogP contribution in [0, 0.1) is 5.92 Å². The van der Waals surface area contributed by atoms with E-state index in [0.29, 0.717) is 19.5 Å². The summed E-state index contributed by atoms with van der Waals surface area (Å²) in [6.07, 6.45) is 8.35. The van der Waals surface area contributed by atoms with E-state index in [1.165, 1.54) is 8.61 Å². The van der Waals surface area contributed by atoms with Crippen molar-refractivity contribution in [3.05, 3.63) is 30.5 Å². The van der Waals surface area contributed by atoms with Gasteiger partial charge in [-0.15, -0.1) is 0 Å². The summed E-state index contributed by atoms with van der Waals surface area (Å²) in [5, 5.41) is 6.73. The maximum Gasteiger partial charge on any atom is 0.281 e. The van der Waals surface area contributed by atoms with Gasteiger partial charge in [-0.3, -0.25) is 15.1 Å². The van der Waals surface area contributed by atoms with Crippen molar-refractivity contribution in [1.82, 2.24) is 28.8 Å². The molecule has 1 saturated heterocycles. The molecule has 3 rings (SSSR count). The van der Waals surface area contributed by atoms with Gasteiger partial charge in [-0.25, -0.2) is 0 Å². The molecular weight excluding hydrogens is 316 g/mol. The summed E-state index contributed by atoms with van der Waals surface area (Å²) in [4.78, 5) is 8.83. The van der Waals surface area contributed by atoms with E-state index in [4.69, 9.17) is 0 Å². The second kappa shape index (κ2) is 6.34. The minimum absolute atomic E-state index is 0.243. The van der Waals surface area contributed by atoms with Gasteiger partial charge in [0.05, 0.1) is 17.6 Å². The van der Waals surface area contributed by atoms with Crippen LogP contribution in [-0.4, -0.2) is 64.4 Å². The molecule has 0 unspecified atom stereocenters. The molecule has 23 heavy (non-hydrogen) atoms. The molecule has 0 spiro atoms. The van der Waals surface area contributed by atoms with E-state index in [1.54, 1.807) is 38.9 Å². The third-order valence-corrected chi connectivity index (χ3v) is 5.97. The van der Waals surface area contributed by atoms with Gasteiger partial charge in [0.25, 0.3) is 10.2 Å². The second-order valence-electron chi connectivity index (χ2n) is 5.85. The Labute approximate surface area is 135 Å². The van der Waals surface area contributed by atoms with E-state index in [0.717, 1.165) is 23.4 Å². The molecule has 8 nitrogen and oxygen atoms in total. The lowest BCUT2D eigenvalue weighted by Crippen LogP contribution is -2.38. The minimum Gasteiger partial charge on any atom is -0.285 e. The van der Waals surface area contributed by atoms with Gasteiger partial charge in [0.2, 0.25) is 0 Å². The Morgan fingerprint density at radius 1 is 1.35 bits per heavy atom. The fourth-order valence-corrected chi connectivity index (χ4v) is 4.01. The normalized spacial score (nSPS) is 19.5. The summed E-state index contributed by atoms with van der Waals surface area (Å²) >= 11 is 0. The maximum atomic E-state index is 12.2. The number of aromatic nitrogens is 4. The standard InChI is InChI=1S/C14H20N6O2S/c1-19(2)23(21,22)20-6-3-11(10-20)7-13-14(16-5-4-15-13)12-8-17-18-9-12/h4-5,8-9,11H,3,6-7,10H2,1-2H3,(H,17,18)/t11-/m1/s1. The predicted octanol–water partition coefficient (Wildman–Crippen LogP) is 0.537. The van der Waals surface area contributed by atoms with Crippen molar-refractivity contribution < 1.29 is 8.42 Å². The number of nitrogens with one attached hydrogen (secondary N) is 1. The lowest BCUT2D eigenvalue weighted by Gasteiger charge is -2.20. The summed E-state index contributed by atoms with van der Waals surface area (Å²) in [5.41, 5.74) is 2.57. The summed E-state index contributed by atoms with van der Waals surface area (Å²) in [5.74, 6) is 0.243. The highest BCUT2D eigenvalue weighted by atomic mass is 32.2. The lowest BCUT2D eigenvalue weighted by molar-refractivity contribution is 0.409. The van der Waals surface area contributed by atoms with E-state index in [-0.39, 0.29) is 5.92 Å². The Kier molecular flexibility index (Phi) is 4.42. The Morgan fingerprint density at radius 2 is 2.13 bits per heavy atom. The zero-order chi connectivity index (χ0) is 16.4. The van der Waals surface area contributed by atoms with Crippen molar-refractivity contribution >= 4 is 10.2 Å². The molecule has 0 aliphatic carbocycles. The molecule has 0 radical (unpaired) electrons. The molecule has 1 aliphatic heterocycles. The quantitative estimate of drug-likeness (QED) is 0.860. The van der Waals surface area contributed by atoms with Crippen LogP contribution in [0.3, 0.4) is 0 Å². The first-order valence-electron chi connectivity index (χ1n) is 7.45. The van der Waals surface area contributed by atoms with Gasteiger partial charge in [0.1, 0.15) is 0 Å². The SMILES string of the molecule is CN(C)S(=O)(=O)N1CC[C@H](Cc2nccnc2-c2cn[nH]c2)C1. The second-order valence-corrected chi connectivity index (χ2v) is 7.99. The number of hydrogen-bond donors (Lipinski definition) is 1. The van der Waals surface area contributed by atoms with Gasteiger partial charge in [-0.05, 0) is 18.8 Å². The molecule has 1 aliphatic rings. The van der Waals surface area contributed by atoms with Crippen LogP contribution >= 0.6 is 0 Å². The average Bonchev–Trinajstić information content (AvgIpc) is 3.19. The van der Waals surface area contributed by atoms with Crippen molar-refractivity contribution in [3.63, 3.8) is 0 Å². The number of nitrogens with zero attached hydrogens (tertiary/aromatic N) is 5. The molecule has 0 aromatic carbocycles. The molecule has 1 atom stereocenters.